The van der Waals surface area contributed by atoms with Gasteiger partial charge in [0.15, 0.2) is 17.2 Å². The normalized spacial score (nSPS) is 13.2. The van der Waals surface area contributed by atoms with Crippen molar-refractivity contribution in [1.82, 2.24) is 14.6 Å². The van der Waals surface area contributed by atoms with Crippen molar-refractivity contribution in [3.05, 3.63) is 41.7 Å². The number of aromatic nitrogens is 3. The summed E-state index contributed by atoms with van der Waals surface area (Å²) in [7, 11) is 0. The van der Waals surface area contributed by atoms with Crippen LogP contribution in [0.2, 0.25) is 0 Å². The molecule has 142 valence electrons. The molecule has 0 bridgehead atoms. The van der Waals surface area contributed by atoms with E-state index in [0.717, 1.165) is 18.9 Å². The van der Waals surface area contributed by atoms with Gasteiger partial charge in [-0.2, -0.15) is 9.78 Å². The second-order valence-electron chi connectivity index (χ2n) is 6.47. The molecule has 3 N–H and O–H groups in total. The maximum atomic E-state index is 14.2. The van der Waals surface area contributed by atoms with Crippen LogP contribution in [-0.4, -0.2) is 26.5 Å². The average Bonchev–Trinajstić information content (AvgIpc) is 3.35. The summed E-state index contributed by atoms with van der Waals surface area (Å²) in [5, 5.41) is 21.9. The van der Waals surface area contributed by atoms with Gasteiger partial charge in [-0.05, 0) is 18.9 Å². The number of halogens is 2. The number of hydrogen-bond acceptors (Lipinski definition) is 6. The lowest BCUT2D eigenvalue weighted by Crippen LogP contribution is -2.10. The van der Waals surface area contributed by atoms with Gasteiger partial charge in [-0.15, -0.1) is 5.10 Å². The molecule has 28 heavy (non-hydrogen) atoms. The SMILES string of the molecule is CC(=O)Nc1cc(Nc2cc(NC3CC3)c3ncc(C#N)n3n2)c(F)cc1F. The van der Waals surface area contributed by atoms with E-state index in [1.807, 2.05) is 6.07 Å². The van der Waals surface area contributed by atoms with Gasteiger partial charge in [0.1, 0.15) is 17.7 Å². The minimum atomic E-state index is -0.890. The molecule has 2 aromatic heterocycles. The van der Waals surface area contributed by atoms with E-state index in [4.69, 9.17) is 0 Å². The van der Waals surface area contributed by atoms with Gasteiger partial charge >= 0.3 is 0 Å². The lowest BCUT2D eigenvalue weighted by molar-refractivity contribution is -0.114. The molecular weight excluding hydrogens is 368 g/mol. The monoisotopic (exact) mass is 383 g/mol. The predicted molar refractivity (Wildman–Crippen MR) is 98.3 cm³/mol. The number of benzene rings is 1. The molecule has 1 saturated carbocycles. The molecule has 1 aromatic carbocycles. The molecule has 1 fully saturated rings. The molecule has 2 heterocycles. The number of nitrogens with one attached hydrogen (secondary N) is 3. The summed E-state index contributed by atoms with van der Waals surface area (Å²) in [6.07, 6.45) is 3.45. The summed E-state index contributed by atoms with van der Waals surface area (Å²) in [6, 6.07) is 5.77. The Morgan fingerprint density at radius 1 is 1.21 bits per heavy atom. The van der Waals surface area contributed by atoms with Crippen LogP contribution < -0.4 is 16.0 Å². The van der Waals surface area contributed by atoms with Crippen molar-refractivity contribution in [2.24, 2.45) is 0 Å². The minimum Gasteiger partial charge on any atom is -0.379 e. The second kappa shape index (κ2) is 6.77. The number of carbonyl (C=O) groups is 1. The van der Waals surface area contributed by atoms with Crippen LogP contribution in [-0.2, 0) is 4.79 Å². The third-order valence-corrected chi connectivity index (χ3v) is 4.15. The number of anilines is 4. The summed E-state index contributed by atoms with van der Waals surface area (Å²) in [5.74, 6) is -2.00. The highest BCUT2D eigenvalue weighted by molar-refractivity contribution is 5.89. The standard InChI is InChI=1S/C18H15F2N7O/c1-9(28)23-14-5-15(13(20)4-12(14)19)25-17-6-16(24-10-2-3-10)18-22-8-11(7-21)27(18)26-17/h4-6,8,10,24H,2-3H2,1H3,(H,23,28)(H,25,26). The molecule has 0 aliphatic heterocycles. The molecule has 0 saturated heterocycles. The Morgan fingerprint density at radius 2 is 1.96 bits per heavy atom. The second-order valence-corrected chi connectivity index (χ2v) is 6.47. The lowest BCUT2D eigenvalue weighted by atomic mass is 10.2. The smallest absolute Gasteiger partial charge is 0.221 e. The highest BCUT2D eigenvalue weighted by Gasteiger charge is 2.23. The van der Waals surface area contributed by atoms with E-state index in [1.54, 1.807) is 6.07 Å². The van der Waals surface area contributed by atoms with E-state index in [1.165, 1.54) is 17.6 Å². The van der Waals surface area contributed by atoms with Gasteiger partial charge in [-0.25, -0.2) is 13.8 Å². The van der Waals surface area contributed by atoms with Gasteiger partial charge in [0.05, 0.1) is 23.3 Å². The van der Waals surface area contributed by atoms with Crippen molar-refractivity contribution in [3.63, 3.8) is 0 Å². The van der Waals surface area contributed by atoms with Crippen molar-refractivity contribution in [2.45, 2.75) is 25.8 Å². The molecule has 4 rings (SSSR count). The Morgan fingerprint density at radius 3 is 2.64 bits per heavy atom. The molecular formula is C18H15F2N7O. The number of nitrogens with zero attached hydrogens (tertiary/aromatic N) is 4. The Kier molecular flexibility index (Phi) is 4.27. The number of carbonyl (C=O) groups excluding carboxylic acids is 1. The van der Waals surface area contributed by atoms with Crippen LogP contribution in [0.4, 0.5) is 31.7 Å². The maximum absolute atomic E-state index is 14.2. The van der Waals surface area contributed by atoms with Crippen LogP contribution in [0.3, 0.4) is 0 Å². The quantitative estimate of drug-likeness (QED) is 0.625. The largest absolute Gasteiger partial charge is 0.379 e. The molecule has 0 atom stereocenters. The van der Waals surface area contributed by atoms with Gasteiger partial charge in [0, 0.05) is 25.1 Å². The van der Waals surface area contributed by atoms with E-state index < -0.39 is 17.5 Å². The van der Waals surface area contributed by atoms with Crippen molar-refractivity contribution >= 4 is 34.4 Å². The summed E-state index contributed by atoms with van der Waals surface area (Å²) >= 11 is 0. The molecule has 3 aromatic rings. The Balaban J connectivity index is 1.75. The zero-order valence-corrected chi connectivity index (χ0v) is 14.8. The maximum Gasteiger partial charge on any atom is 0.221 e. The third-order valence-electron chi connectivity index (χ3n) is 4.15. The lowest BCUT2D eigenvalue weighted by Gasteiger charge is -2.13. The van der Waals surface area contributed by atoms with Crippen LogP contribution in [0.5, 0.6) is 0 Å². The first-order valence-electron chi connectivity index (χ1n) is 8.53. The van der Waals surface area contributed by atoms with Crippen molar-refractivity contribution in [2.75, 3.05) is 16.0 Å². The van der Waals surface area contributed by atoms with Crippen molar-refractivity contribution in [1.29, 1.82) is 5.26 Å². The molecule has 10 heteroatoms. The van der Waals surface area contributed by atoms with E-state index in [9.17, 15) is 18.8 Å². The molecule has 1 aliphatic carbocycles. The average molecular weight is 383 g/mol. The Hall–Kier alpha value is -3.74. The molecule has 0 radical (unpaired) electrons. The van der Waals surface area contributed by atoms with Gasteiger partial charge in [-0.3, -0.25) is 4.79 Å². The number of hydrogen-bond donors (Lipinski definition) is 3. The van der Waals surface area contributed by atoms with Gasteiger partial charge in [0.25, 0.3) is 0 Å². The zero-order chi connectivity index (χ0) is 19.8. The summed E-state index contributed by atoms with van der Waals surface area (Å²) in [4.78, 5) is 15.4. The zero-order valence-electron chi connectivity index (χ0n) is 14.8. The Bertz CT molecular complexity index is 1130. The minimum absolute atomic E-state index is 0.0759. The van der Waals surface area contributed by atoms with E-state index in [-0.39, 0.29) is 22.9 Å². The fraction of sp³-hybridized carbons (Fsp3) is 0.222. The van der Waals surface area contributed by atoms with Crippen LogP contribution in [0.1, 0.15) is 25.5 Å². The van der Waals surface area contributed by atoms with Crippen LogP contribution in [0.25, 0.3) is 5.65 Å². The van der Waals surface area contributed by atoms with E-state index in [2.05, 4.69) is 26.0 Å². The van der Waals surface area contributed by atoms with E-state index in [0.29, 0.717) is 23.4 Å². The first-order valence-corrected chi connectivity index (χ1v) is 8.53. The summed E-state index contributed by atoms with van der Waals surface area (Å²) in [6.45, 7) is 1.23. The van der Waals surface area contributed by atoms with Crippen molar-refractivity contribution < 1.29 is 13.6 Å². The highest BCUT2D eigenvalue weighted by Crippen LogP contribution is 2.30. The van der Waals surface area contributed by atoms with Gasteiger partial charge in [0.2, 0.25) is 5.91 Å². The fourth-order valence-electron chi connectivity index (χ4n) is 2.73. The van der Waals surface area contributed by atoms with Crippen LogP contribution in [0.15, 0.2) is 24.4 Å². The van der Waals surface area contributed by atoms with Crippen molar-refractivity contribution in [3.8, 4) is 6.07 Å². The summed E-state index contributed by atoms with van der Waals surface area (Å²) in [5.41, 5.74) is 1.11. The first kappa shape index (κ1) is 17.7. The third kappa shape index (κ3) is 3.42. The predicted octanol–water partition coefficient (Wildman–Crippen LogP) is 3.16. The number of nitriles is 1. The van der Waals surface area contributed by atoms with Gasteiger partial charge in [-0.1, -0.05) is 0 Å². The highest BCUT2D eigenvalue weighted by atomic mass is 19.1. The molecule has 1 aliphatic rings. The topological polar surface area (TPSA) is 107 Å². The number of rotatable bonds is 5. The molecule has 1 amide bonds. The Labute approximate surface area is 158 Å². The molecule has 8 nitrogen and oxygen atoms in total. The summed E-state index contributed by atoms with van der Waals surface area (Å²) < 4.78 is 29.4. The van der Waals surface area contributed by atoms with Crippen LogP contribution >= 0.6 is 0 Å². The van der Waals surface area contributed by atoms with E-state index >= 15 is 0 Å². The van der Waals surface area contributed by atoms with Gasteiger partial charge < -0.3 is 16.0 Å². The fourth-order valence-corrected chi connectivity index (χ4v) is 2.73. The first-order chi connectivity index (χ1) is 13.4. The molecule has 0 spiro atoms. The number of fused-ring (bicyclic) bond motifs is 1. The number of amides is 1. The molecule has 0 unspecified atom stereocenters. The number of imidazole rings is 1. The van der Waals surface area contributed by atoms with Crippen LogP contribution in [0, 0.1) is 23.0 Å².